The molecule has 0 bridgehead atoms. The first-order chi connectivity index (χ1) is 7.84. The Morgan fingerprint density at radius 3 is 3.25 bits per heavy atom. The van der Waals surface area contributed by atoms with Gasteiger partial charge in [0.25, 0.3) is 0 Å². The van der Waals surface area contributed by atoms with Gasteiger partial charge in [-0.2, -0.15) is 0 Å². The molecule has 1 aromatic rings. The number of rotatable bonds is 6. The van der Waals surface area contributed by atoms with Crippen LogP contribution < -0.4 is 10.2 Å². The summed E-state index contributed by atoms with van der Waals surface area (Å²) in [4.78, 5) is 13.7. The van der Waals surface area contributed by atoms with Crippen LogP contribution in [0.5, 0.6) is 0 Å². The minimum Gasteiger partial charge on any atom is -0.378 e. The molecule has 1 fully saturated rings. The Labute approximate surface area is 99.0 Å². The van der Waals surface area contributed by atoms with Crippen LogP contribution in [0.15, 0.2) is 10.2 Å². The van der Waals surface area contributed by atoms with E-state index in [1.165, 1.54) is 24.2 Å². The second-order valence-electron chi connectivity index (χ2n) is 4.13. The van der Waals surface area contributed by atoms with Crippen molar-refractivity contribution in [3.05, 3.63) is 20.7 Å². The highest BCUT2D eigenvalue weighted by Crippen LogP contribution is 2.16. The Bertz CT molecular complexity index is 355. The first-order valence-electron chi connectivity index (χ1n) is 5.83. The fourth-order valence-electron chi connectivity index (χ4n) is 1.95. The van der Waals surface area contributed by atoms with Gasteiger partial charge >= 0.3 is 4.87 Å². The van der Waals surface area contributed by atoms with Crippen molar-refractivity contribution in [3.63, 3.8) is 0 Å². The highest BCUT2D eigenvalue weighted by molar-refractivity contribution is 7.07. The van der Waals surface area contributed by atoms with Crippen LogP contribution in [0.3, 0.4) is 0 Å². The van der Waals surface area contributed by atoms with Crippen LogP contribution in [0.25, 0.3) is 0 Å². The summed E-state index contributed by atoms with van der Waals surface area (Å²) in [6.45, 7) is 2.68. The maximum atomic E-state index is 10.9. The summed E-state index contributed by atoms with van der Waals surface area (Å²) in [7, 11) is 0. The van der Waals surface area contributed by atoms with Gasteiger partial charge in [-0.3, -0.25) is 4.79 Å². The SMILES string of the molecule is O=c1[nH]c(CNCCCC2CCCO2)cs1. The Morgan fingerprint density at radius 1 is 1.62 bits per heavy atom. The zero-order valence-electron chi connectivity index (χ0n) is 9.33. The molecule has 0 radical (unpaired) electrons. The molecule has 0 saturated carbocycles. The molecule has 1 aromatic heterocycles. The lowest BCUT2D eigenvalue weighted by Crippen LogP contribution is -2.17. The van der Waals surface area contributed by atoms with E-state index in [2.05, 4.69) is 10.3 Å². The van der Waals surface area contributed by atoms with Crippen molar-refractivity contribution in [2.24, 2.45) is 0 Å². The Balaban J connectivity index is 1.53. The molecule has 90 valence electrons. The molecular formula is C11H18N2O2S. The molecule has 1 atom stereocenters. The summed E-state index contributed by atoms with van der Waals surface area (Å²) < 4.78 is 5.55. The molecule has 0 aliphatic carbocycles. The molecule has 1 unspecified atom stereocenters. The molecule has 2 rings (SSSR count). The summed E-state index contributed by atoms with van der Waals surface area (Å²) in [5.41, 5.74) is 0.979. The van der Waals surface area contributed by atoms with Crippen molar-refractivity contribution in [1.29, 1.82) is 0 Å². The van der Waals surface area contributed by atoms with Crippen molar-refractivity contribution in [1.82, 2.24) is 10.3 Å². The average Bonchev–Trinajstić information content (AvgIpc) is 2.89. The molecule has 2 heterocycles. The predicted molar refractivity (Wildman–Crippen MR) is 64.9 cm³/mol. The summed E-state index contributed by atoms with van der Waals surface area (Å²) in [5.74, 6) is 0. The van der Waals surface area contributed by atoms with E-state index in [0.29, 0.717) is 6.10 Å². The van der Waals surface area contributed by atoms with Gasteiger partial charge < -0.3 is 15.0 Å². The molecule has 1 aliphatic heterocycles. The third-order valence-corrected chi connectivity index (χ3v) is 3.51. The van der Waals surface area contributed by atoms with Crippen LogP contribution >= 0.6 is 11.3 Å². The maximum absolute atomic E-state index is 10.9. The summed E-state index contributed by atoms with van der Waals surface area (Å²) in [5, 5.41) is 5.19. The van der Waals surface area contributed by atoms with Crippen LogP contribution in [0.4, 0.5) is 0 Å². The van der Waals surface area contributed by atoms with Gasteiger partial charge in [-0.15, -0.1) is 0 Å². The maximum Gasteiger partial charge on any atom is 0.304 e. The van der Waals surface area contributed by atoms with E-state index in [4.69, 9.17) is 4.74 Å². The molecule has 5 heteroatoms. The standard InChI is InChI=1S/C11H18N2O2S/c14-11-13-9(8-16-11)7-12-5-1-3-10-4-2-6-15-10/h8,10,12H,1-7H2,(H,13,14). The average molecular weight is 242 g/mol. The highest BCUT2D eigenvalue weighted by atomic mass is 32.1. The number of nitrogens with one attached hydrogen (secondary N) is 2. The topological polar surface area (TPSA) is 54.1 Å². The van der Waals surface area contributed by atoms with Crippen LogP contribution in [0.1, 0.15) is 31.4 Å². The number of aromatic nitrogens is 1. The molecule has 0 amide bonds. The van der Waals surface area contributed by atoms with E-state index >= 15 is 0 Å². The molecule has 4 nitrogen and oxygen atoms in total. The van der Waals surface area contributed by atoms with E-state index in [0.717, 1.165) is 38.2 Å². The Morgan fingerprint density at radius 2 is 2.56 bits per heavy atom. The second kappa shape index (κ2) is 6.18. The second-order valence-corrected chi connectivity index (χ2v) is 4.97. The molecule has 16 heavy (non-hydrogen) atoms. The molecule has 1 saturated heterocycles. The van der Waals surface area contributed by atoms with Crippen LogP contribution in [-0.4, -0.2) is 24.2 Å². The molecule has 0 aromatic carbocycles. The minimum absolute atomic E-state index is 0.0242. The molecule has 1 aliphatic rings. The van der Waals surface area contributed by atoms with E-state index in [-0.39, 0.29) is 4.87 Å². The van der Waals surface area contributed by atoms with Crippen molar-refractivity contribution >= 4 is 11.3 Å². The number of hydrogen-bond donors (Lipinski definition) is 2. The first kappa shape index (κ1) is 11.8. The lowest BCUT2D eigenvalue weighted by Gasteiger charge is -2.08. The van der Waals surface area contributed by atoms with Crippen LogP contribution in [0, 0.1) is 0 Å². The van der Waals surface area contributed by atoms with Crippen molar-refractivity contribution in [2.45, 2.75) is 38.3 Å². The van der Waals surface area contributed by atoms with Crippen molar-refractivity contribution in [3.8, 4) is 0 Å². The molecule has 2 N–H and O–H groups in total. The van der Waals surface area contributed by atoms with E-state index < -0.39 is 0 Å². The van der Waals surface area contributed by atoms with E-state index in [1.54, 1.807) is 0 Å². The molecular weight excluding hydrogens is 224 g/mol. The fraction of sp³-hybridized carbons (Fsp3) is 0.727. The summed E-state index contributed by atoms with van der Waals surface area (Å²) in [6.07, 6.45) is 5.21. The highest BCUT2D eigenvalue weighted by Gasteiger charge is 2.14. The zero-order valence-corrected chi connectivity index (χ0v) is 10.1. The van der Waals surface area contributed by atoms with Gasteiger partial charge in [0.15, 0.2) is 0 Å². The van der Waals surface area contributed by atoms with Crippen molar-refractivity contribution < 1.29 is 4.74 Å². The summed E-state index contributed by atoms with van der Waals surface area (Å²) in [6, 6.07) is 0. The number of aromatic amines is 1. The lowest BCUT2D eigenvalue weighted by atomic mass is 10.1. The quantitative estimate of drug-likeness (QED) is 0.743. The third-order valence-electron chi connectivity index (χ3n) is 2.79. The fourth-order valence-corrected chi connectivity index (χ4v) is 2.53. The smallest absolute Gasteiger partial charge is 0.304 e. The zero-order chi connectivity index (χ0) is 11.2. The van der Waals surface area contributed by atoms with Gasteiger partial charge in [0.2, 0.25) is 0 Å². The lowest BCUT2D eigenvalue weighted by molar-refractivity contribution is 0.102. The Kier molecular flexibility index (Phi) is 4.56. The predicted octanol–water partition coefficient (Wildman–Crippen LogP) is 1.49. The van der Waals surface area contributed by atoms with Gasteiger partial charge in [-0.25, -0.2) is 0 Å². The first-order valence-corrected chi connectivity index (χ1v) is 6.71. The largest absolute Gasteiger partial charge is 0.378 e. The van der Waals surface area contributed by atoms with E-state index in [9.17, 15) is 4.79 Å². The van der Waals surface area contributed by atoms with Crippen LogP contribution in [0.2, 0.25) is 0 Å². The summed E-state index contributed by atoms with van der Waals surface area (Å²) >= 11 is 1.22. The van der Waals surface area contributed by atoms with Crippen molar-refractivity contribution in [2.75, 3.05) is 13.2 Å². The number of ether oxygens (including phenoxy) is 1. The van der Waals surface area contributed by atoms with Gasteiger partial charge in [-0.05, 0) is 32.2 Å². The van der Waals surface area contributed by atoms with Gasteiger partial charge in [-0.1, -0.05) is 11.3 Å². The van der Waals surface area contributed by atoms with Gasteiger partial charge in [0, 0.05) is 24.2 Å². The number of hydrogen-bond acceptors (Lipinski definition) is 4. The minimum atomic E-state index is 0.0242. The number of thiazole rings is 1. The third kappa shape index (κ3) is 3.73. The number of H-pyrrole nitrogens is 1. The van der Waals surface area contributed by atoms with Crippen LogP contribution in [-0.2, 0) is 11.3 Å². The van der Waals surface area contributed by atoms with E-state index in [1.807, 2.05) is 5.38 Å². The monoisotopic (exact) mass is 242 g/mol. The normalized spacial score (nSPS) is 20.4. The van der Waals surface area contributed by atoms with Gasteiger partial charge in [0.05, 0.1) is 6.10 Å². The van der Waals surface area contributed by atoms with Gasteiger partial charge in [0.1, 0.15) is 0 Å². The Hall–Kier alpha value is -0.650. The molecule has 0 spiro atoms.